The molecule has 3 aromatic rings. The Bertz CT molecular complexity index is 951. The number of nitrogens with one attached hydrogen (secondary N) is 1. The number of hydrogen-bond acceptors (Lipinski definition) is 5. The maximum Gasteiger partial charge on any atom is 0.347 e. The van der Waals surface area contributed by atoms with Gasteiger partial charge in [0.05, 0.1) is 5.69 Å². The molecule has 5 nitrogen and oxygen atoms in total. The Kier molecular flexibility index (Phi) is 5.14. The minimum absolute atomic E-state index is 0.0627. The molecule has 0 fully saturated rings. The normalized spacial score (nSPS) is 11.8. The van der Waals surface area contributed by atoms with Crippen LogP contribution in [-0.2, 0) is 0 Å². The number of ketones is 1. The van der Waals surface area contributed by atoms with Crippen LogP contribution >= 0.6 is 11.3 Å². The minimum atomic E-state index is -0.998. The summed E-state index contributed by atoms with van der Waals surface area (Å²) in [5.74, 6) is -1.31. The van der Waals surface area contributed by atoms with E-state index in [1.165, 1.54) is 0 Å². The third-order valence-corrected chi connectivity index (χ3v) is 5.23. The molecule has 0 radical (unpaired) electrons. The van der Waals surface area contributed by atoms with Gasteiger partial charge in [0.2, 0.25) is 0 Å². The van der Waals surface area contributed by atoms with Gasteiger partial charge in [-0.2, -0.15) is 0 Å². The molecule has 0 aliphatic heterocycles. The van der Waals surface area contributed by atoms with Crippen molar-refractivity contribution >= 4 is 28.2 Å². The van der Waals surface area contributed by atoms with Crippen molar-refractivity contribution in [2.24, 2.45) is 0 Å². The lowest BCUT2D eigenvalue weighted by atomic mass is 9.93. The Labute approximate surface area is 155 Å². The molecule has 0 aliphatic carbocycles. The zero-order valence-electron chi connectivity index (χ0n) is 14.4. The van der Waals surface area contributed by atoms with Gasteiger partial charge in [-0.15, -0.1) is 0 Å². The van der Waals surface area contributed by atoms with Gasteiger partial charge in [0.1, 0.15) is 4.88 Å². The standard InChI is InChI=1S/C20H18N2O3S/c1-12(16-18(19(24)25)26-20(21-2)22-16)14-9-6-10-15(11-14)17(23)13-7-4-3-5-8-13/h3-12H,1-2H3,(H,21,22)(H,24,25). The van der Waals surface area contributed by atoms with Crippen molar-refractivity contribution < 1.29 is 14.7 Å². The van der Waals surface area contributed by atoms with E-state index in [2.05, 4.69) is 10.3 Å². The molecule has 6 heteroatoms. The second kappa shape index (κ2) is 7.49. The molecule has 2 N–H and O–H groups in total. The van der Waals surface area contributed by atoms with Crippen molar-refractivity contribution in [1.29, 1.82) is 0 Å². The number of benzene rings is 2. The Balaban J connectivity index is 1.97. The lowest BCUT2D eigenvalue weighted by molar-refractivity contribution is 0.0700. The summed E-state index contributed by atoms with van der Waals surface area (Å²) >= 11 is 1.11. The monoisotopic (exact) mass is 366 g/mol. The summed E-state index contributed by atoms with van der Waals surface area (Å²) in [5.41, 5.74) is 2.54. The van der Waals surface area contributed by atoms with Crippen LogP contribution in [0.15, 0.2) is 54.6 Å². The summed E-state index contributed by atoms with van der Waals surface area (Å²) in [6.45, 7) is 1.90. The van der Waals surface area contributed by atoms with Crippen LogP contribution in [0.5, 0.6) is 0 Å². The summed E-state index contributed by atoms with van der Waals surface area (Å²) < 4.78 is 0. The molecule has 0 saturated heterocycles. The molecule has 0 saturated carbocycles. The number of thiazole rings is 1. The SMILES string of the molecule is CNc1nc(C(C)c2cccc(C(=O)c3ccccc3)c2)c(C(=O)O)s1. The lowest BCUT2D eigenvalue weighted by Gasteiger charge is -2.12. The smallest absolute Gasteiger partial charge is 0.347 e. The molecule has 0 aliphatic rings. The first-order valence-corrected chi connectivity index (χ1v) is 8.94. The van der Waals surface area contributed by atoms with E-state index < -0.39 is 5.97 Å². The Morgan fingerprint density at radius 3 is 2.42 bits per heavy atom. The number of carboxylic acid groups (broad SMARTS) is 1. The Morgan fingerprint density at radius 2 is 1.77 bits per heavy atom. The Hall–Kier alpha value is -2.99. The first kappa shape index (κ1) is 17.8. The van der Waals surface area contributed by atoms with Crippen molar-refractivity contribution in [3.05, 3.63) is 81.9 Å². The topological polar surface area (TPSA) is 79.3 Å². The van der Waals surface area contributed by atoms with Crippen LogP contribution in [-0.4, -0.2) is 28.9 Å². The van der Waals surface area contributed by atoms with Gasteiger partial charge in [-0.05, 0) is 11.6 Å². The van der Waals surface area contributed by atoms with Crippen molar-refractivity contribution in [1.82, 2.24) is 4.98 Å². The second-order valence-electron chi connectivity index (χ2n) is 5.83. The number of carbonyl (C=O) groups excluding carboxylic acids is 1. The summed E-state index contributed by atoms with van der Waals surface area (Å²) in [5, 5.41) is 12.9. The fourth-order valence-electron chi connectivity index (χ4n) is 2.75. The summed E-state index contributed by atoms with van der Waals surface area (Å²) in [4.78, 5) is 28.8. The average molecular weight is 366 g/mol. The predicted molar refractivity (Wildman–Crippen MR) is 102 cm³/mol. The number of hydrogen-bond donors (Lipinski definition) is 2. The third-order valence-electron chi connectivity index (χ3n) is 4.16. The molecule has 1 unspecified atom stereocenters. The van der Waals surface area contributed by atoms with E-state index in [-0.39, 0.29) is 16.6 Å². The van der Waals surface area contributed by atoms with Crippen LogP contribution in [0.25, 0.3) is 0 Å². The molecule has 3 rings (SSSR count). The molecule has 1 heterocycles. The van der Waals surface area contributed by atoms with Gasteiger partial charge in [0.25, 0.3) is 0 Å². The van der Waals surface area contributed by atoms with E-state index in [1.54, 1.807) is 25.2 Å². The van der Waals surface area contributed by atoms with Crippen LogP contribution < -0.4 is 5.32 Å². The Morgan fingerprint density at radius 1 is 1.08 bits per heavy atom. The van der Waals surface area contributed by atoms with Crippen LogP contribution in [0.2, 0.25) is 0 Å². The zero-order valence-corrected chi connectivity index (χ0v) is 15.2. The molecule has 0 amide bonds. The van der Waals surface area contributed by atoms with Crippen LogP contribution in [0.4, 0.5) is 5.13 Å². The van der Waals surface area contributed by atoms with E-state index in [1.807, 2.05) is 43.3 Å². The largest absolute Gasteiger partial charge is 0.477 e. The number of nitrogens with zero attached hydrogens (tertiary/aromatic N) is 1. The third kappa shape index (κ3) is 3.50. The molecular formula is C20H18N2O3S. The van der Waals surface area contributed by atoms with E-state index in [9.17, 15) is 14.7 Å². The van der Waals surface area contributed by atoms with Gasteiger partial charge in [0.15, 0.2) is 10.9 Å². The highest BCUT2D eigenvalue weighted by atomic mass is 32.1. The summed E-state index contributed by atoms with van der Waals surface area (Å²) in [6, 6.07) is 16.4. The van der Waals surface area contributed by atoms with E-state index >= 15 is 0 Å². The molecule has 0 spiro atoms. The fourth-order valence-corrected chi connectivity index (χ4v) is 3.60. The van der Waals surface area contributed by atoms with Crippen molar-refractivity contribution in [3.63, 3.8) is 0 Å². The predicted octanol–water partition coefficient (Wildman–Crippen LogP) is 4.27. The molecule has 26 heavy (non-hydrogen) atoms. The van der Waals surface area contributed by atoms with Gasteiger partial charge >= 0.3 is 5.97 Å². The summed E-state index contributed by atoms with van der Waals surface area (Å²) in [7, 11) is 1.71. The number of carbonyl (C=O) groups is 2. The van der Waals surface area contributed by atoms with Crippen molar-refractivity contribution in [2.45, 2.75) is 12.8 Å². The first-order chi connectivity index (χ1) is 12.5. The maximum absolute atomic E-state index is 12.7. The number of anilines is 1. The molecular weight excluding hydrogens is 348 g/mol. The highest BCUT2D eigenvalue weighted by Crippen LogP contribution is 2.32. The summed E-state index contributed by atoms with van der Waals surface area (Å²) in [6.07, 6.45) is 0. The molecule has 2 aromatic carbocycles. The number of aromatic carboxylic acids is 1. The van der Waals surface area contributed by atoms with Gasteiger partial charge in [0, 0.05) is 24.1 Å². The van der Waals surface area contributed by atoms with Gasteiger partial charge in [-0.1, -0.05) is 66.8 Å². The van der Waals surface area contributed by atoms with Crippen LogP contribution in [0, 0.1) is 0 Å². The molecule has 132 valence electrons. The number of aromatic nitrogens is 1. The van der Waals surface area contributed by atoms with Gasteiger partial charge in [-0.25, -0.2) is 9.78 Å². The highest BCUT2D eigenvalue weighted by molar-refractivity contribution is 7.17. The van der Waals surface area contributed by atoms with Crippen molar-refractivity contribution in [3.8, 4) is 0 Å². The van der Waals surface area contributed by atoms with E-state index in [0.29, 0.717) is 22.0 Å². The number of carboxylic acids is 1. The average Bonchev–Trinajstić information content (AvgIpc) is 3.12. The quantitative estimate of drug-likeness (QED) is 0.637. The second-order valence-corrected chi connectivity index (χ2v) is 6.83. The van der Waals surface area contributed by atoms with Crippen LogP contribution in [0.3, 0.4) is 0 Å². The fraction of sp³-hybridized carbons (Fsp3) is 0.150. The molecule has 0 bridgehead atoms. The van der Waals surface area contributed by atoms with Gasteiger partial charge < -0.3 is 10.4 Å². The van der Waals surface area contributed by atoms with Crippen molar-refractivity contribution in [2.75, 3.05) is 12.4 Å². The minimum Gasteiger partial charge on any atom is -0.477 e. The van der Waals surface area contributed by atoms with Crippen LogP contribution in [0.1, 0.15) is 49.7 Å². The maximum atomic E-state index is 12.7. The molecule has 1 atom stereocenters. The number of rotatable bonds is 6. The molecule has 1 aromatic heterocycles. The highest BCUT2D eigenvalue weighted by Gasteiger charge is 2.23. The zero-order chi connectivity index (χ0) is 18.7. The van der Waals surface area contributed by atoms with E-state index in [4.69, 9.17) is 0 Å². The van der Waals surface area contributed by atoms with Gasteiger partial charge in [-0.3, -0.25) is 4.79 Å². The van der Waals surface area contributed by atoms with E-state index in [0.717, 1.165) is 16.9 Å². The first-order valence-electron chi connectivity index (χ1n) is 8.12. The lowest BCUT2D eigenvalue weighted by Crippen LogP contribution is -2.06.